The average Bonchev–Trinajstić information content (AvgIpc) is 2.96. The summed E-state index contributed by atoms with van der Waals surface area (Å²) in [5.74, 6) is 1.19. The second-order valence-corrected chi connectivity index (χ2v) is 4.80. The molecule has 2 heterocycles. The monoisotopic (exact) mass is 254 g/mol. The van der Waals surface area contributed by atoms with Crippen LogP contribution in [0.4, 0.5) is 0 Å². The van der Waals surface area contributed by atoms with Gasteiger partial charge in [0.05, 0.1) is 14.2 Å². The summed E-state index contributed by atoms with van der Waals surface area (Å²) in [7, 11) is 3.12. The highest BCUT2D eigenvalue weighted by Gasteiger charge is 2.20. The number of methoxy groups -OCH3 is 2. The Morgan fingerprint density at radius 1 is 1.00 bits per heavy atom. The molecule has 2 aromatic rings. The van der Waals surface area contributed by atoms with Gasteiger partial charge >= 0.3 is 0 Å². The van der Waals surface area contributed by atoms with Crippen LogP contribution in [-0.2, 0) is 0 Å². The Hall–Kier alpha value is -1.33. The van der Waals surface area contributed by atoms with E-state index < -0.39 is 0 Å². The quantitative estimate of drug-likeness (QED) is 0.787. The molecule has 0 atom stereocenters. The Labute approximate surface area is 101 Å². The fourth-order valence-corrected chi connectivity index (χ4v) is 3.02. The van der Waals surface area contributed by atoms with Gasteiger partial charge in [-0.1, -0.05) is 0 Å². The Bertz CT molecular complexity index is 455. The lowest BCUT2D eigenvalue weighted by Crippen LogP contribution is -2.00. The Morgan fingerprint density at radius 3 is 1.81 bits per heavy atom. The lowest BCUT2D eigenvalue weighted by atomic mass is 10.2. The largest absolute Gasteiger partial charge is 0.495 e. The summed E-state index contributed by atoms with van der Waals surface area (Å²) in [6, 6.07) is 3.58. The van der Waals surface area contributed by atoms with E-state index in [1.54, 1.807) is 26.4 Å². The summed E-state index contributed by atoms with van der Waals surface area (Å²) in [6.45, 7) is 0. The van der Waals surface area contributed by atoms with Crippen molar-refractivity contribution < 1.29 is 14.3 Å². The fourth-order valence-electron chi connectivity index (χ4n) is 1.35. The number of rotatable bonds is 4. The van der Waals surface area contributed by atoms with Crippen molar-refractivity contribution in [3.8, 4) is 11.5 Å². The first-order chi connectivity index (χ1) is 7.77. The summed E-state index contributed by atoms with van der Waals surface area (Å²) < 4.78 is 10.3. The van der Waals surface area contributed by atoms with E-state index in [4.69, 9.17) is 9.47 Å². The van der Waals surface area contributed by atoms with Crippen molar-refractivity contribution in [2.75, 3.05) is 14.2 Å². The molecule has 84 valence electrons. The molecule has 3 nitrogen and oxygen atoms in total. The fraction of sp³-hybridized carbons (Fsp3) is 0.182. The number of ketones is 1. The highest BCUT2D eigenvalue weighted by Crippen LogP contribution is 2.33. The third kappa shape index (κ3) is 1.83. The highest BCUT2D eigenvalue weighted by molar-refractivity contribution is 7.16. The standard InChI is InChI=1S/C11H10O3S2/c1-13-7-3-5-15-10(7)9(12)11-8(14-2)4-6-16-11/h3-6H,1-2H3. The van der Waals surface area contributed by atoms with E-state index in [0.717, 1.165) is 0 Å². The molecule has 0 saturated carbocycles. The Balaban J connectivity index is 2.39. The lowest BCUT2D eigenvalue weighted by Gasteiger charge is -2.02. The van der Waals surface area contributed by atoms with Gasteiger partial charge in [0.2, 0.25) is 5.78 Å². The molecule has 0 spiro atoms. The molecular formula is C11H10O3S2. The normalized spacial score (nSPS) is 10.1. The third-order valence-electron chi connectivity index (χ3n) is 2.11. The molecule has 0 N–H and O–H groups in total. The topological polar surface area (TPSA) is 35.5 Å². The van der Waals surface area contributed by atoms with Crippen LogP contribution in [0, 0.1) is 0 Å². The van der Waals surface area contributed by atoms with Gasteiger partial charge in [0.1, 0.15) is 21.3 Å². The van der Waals surface area contributed by atoms with E-state index in [1.165, 1.54) is 22.7 Å². The zero-order valence-electron chi connectivity index (χ0n) is 8.85. The van der Waals surface area contributed by atoms with Crippen LogP contribution in [0.3, 0.4) is 0 Å². The summed E-state index contributed by atoms with van der Waals surface area (Å²) in [5.41, 5.74) is 0. The molecule has 0 aliphatic rings. The molecule has 0 unspecified atom stereocenters. The molecule has 0 aromatic carbocycles. The van der Waals surface area contributed by atoms with Crippen LogP contribution in [0.15, 0.2) is 22.9 Å². The van der Waals surface area contributed by atoms with Gasteiger partial charge in [-0.3, -0.25) is 4.79 Å². The zero-order chi connectivity index (χ0) is 11.5. The molecule has 0 saturated heterocycles. The summed E-state index contributed by atoms with van der Waals surface area (Å²) in [5, 5.41) is 3.68. The van der Waals surface area contributed by atoms with Crippen LogP contribution in [0.5, 0.6) is 11.5 Å². The van der Waals surface area contributed by atoms with Gasteiger partial charge in [-0.05, 0) is 22.9 Å². The first kappa shape index (κ1) is 11.2. The van der Waals surface area contributed by atoms with Gasteiger partial charge in [0.25, 0.3) is 0 Å². The summed E-state index contributed by atoms with van der Waals surface area (Å²) >= 11 is 2.75. The predicted octanol–water partition coefficient (Wildman–Crippen LogP) is 3.06. The van der Waals surface area contributed by atoms with Crippen molar-refractivity contribution in [1.82, 2.24) is 0 Å². The SMILES string of the molecule is COc1ccsc1C(=O)c1sccc1OC. The third-order valence-corrected chi connectivity index (χ3v) is 3.90. The van der Waals surface area contributed by atoms with Crippen molar-refractivity contribution in [2.45, 2.75) is 0 Å². The Kier molecular flexibility index (Phi) is 3.26. The molecule has 2 rings (SSSR count). The van der Waals surface area contributed by atoms with E-state index in [2.05, 4.69) is 0 Å². The van der Waals surface area contributed by atoms with Gasteiger partial charge in [-0.25, -0.2) is 0 Å². The number of ether oxygens (including phenoxy) is 2. The molecule has 0 radical (unpaired) electrons. The first-order valence-corrected chi connectivity index (χ1v) is 6.31. The van der Waals surface area contributed by atoms with Crippen LogP contribution in [0.1, 0.15) is 14.5 Å². The number of carbonyl (C=O) groups excluding carboxylic acids is 1. The van der Waals surface area contributed by atoms with Gasteiger partial charge in [-0.15, -0.1) is 22.7 Å². The van der Waals surface area contributed by atoms with E-state index >= 15 is 0 Å². The molecule has 0 amide bonds. The van der Waals surface area contributed by atoms with Crippen LogP contribution in [-0.4, -0.2) is 20.0 Å². The second kappa shape index (κ2) is 4.67. The van der Waals surface area contributed by atoms with Crippen molar-refractivity contribution >= 4 is 28.5 Å². The van der Waals surface area contributed by atoms with Gasteiger partial charge in [0, 0.05) is 0 Å². The van der Waals surface area contributed by atoms with Gasteiger partial charge in [0.15, 0.2) is 0 Å². The highest BCUT2D eigenvalue weighted by atomic mass is 32.1. The second-order valence-electron chi connectivity index (χ2n) is 2.97. The molecular weight excluding hydrogens is 244 g/mol. The lowest BCUT2D eigenvalue weighted by molar-refractivity contribution is 0.104. The number of carbonyl (C=O) groups is 1. The van der Waals surface area contributed by atoms with Crippen LogP contribution >= 0.6 is 22.7 Å². The minimum atomic E-state index is -0.0429. The number of thiophene rings is 2. The molecule has 2 aromatic heterocycles. The van der Waals surface area contributed by atoms with E-state index in [0.29, 0.717) is 21.3 Å². The maximum atomic E-state index is 12.2. The molecule has 0 bridgehead atoms. The molecule has 16 heavy (non-hydrogen) atoms. The minimum absolute atomic E-state index is 0.0429. The van der Waals surface area contributed by atoms with Crippen molar-refractivity contribution in [3.05, 3.63) is 32.6 Å². The van der Waals surface area contributed by atoms with E-state index in [1.807, 2.05) is 10.8 Å². The van der Waals surface area contributed by atoms with Crippen molar-refractivity contribution in [2.24, 2.45) is 0 Å². The van der Waals surface area contributed by atoms with Crippen LogP contribution in [0.2, 0.25) is 0 Å². The number of hydrogen-bond acceptors (Lipinski definition) is 5. The van der Waals surface area contributed by atoms with E-state index in [-0.39, 0.29) is 5.78 Å². The van der Waals surface area contributed by atoms with Gasteiger partial charge in [-0.2, -0.15) is 0 Å². The van der Waals surface area contributed by atoms with E-state index in [9.17, 15) is 4.79 Å². The average molecular weight is 254 g/mol. The zero-order valence-corrected chi connectivity index (χ0v) is 10.5. The van der Waals surface area contributed by atoms with Gasteiger partial charge < -0.3 is 9.47 Å². The molecule has 0 aliphatic carbocycles. The maximum Gasteiger partial charge on any atom is 0.220 e. The molecule has 0 fully saturated rings. The first-order valence-electron chi connectivity index (χ1n) is 4.55. The van der Waals surface area contributed by atoms with Crippen LogP contribution < -0.4 is 9.47 Å². The Morgan fingerprint density at radius 2 is 1.44 bits per heavy atom. The summed E-state index contributed by atoms with van der Waals surface area (Å²) in [4.78, 5) is 13.4. The van der Waals surface area contributed by atoms with Crippen molar-refractivity contribution in [1.29, 1.82) is 0 Å². The summed E-state index contributed by atoms with van der Waals surface area (Å²) in [6.07, 6.45) is 0. The maximum absolute atomic E-state index is 12.2. The molecule has 5 heteroatoms. The molecule has 0 aliphatic heterocycles. The predicted molar refractivity (Wildman–Crippen MR) is 65.2 cm³/mol. The minimum Gasteiger partial charge on any atom is -0.495 e. The smallest absolute Gasteiger partial charge is 0.220 e. The van der Waals surface area contributed by atoms with Crippen molar-refractivity contribution in [3.63, 3.8) is 0 Å². The van der Waals surface area contributed by atoms with Crippen LogP contribution in [0.25, 0.3) is 0 Å². The number of hydrogen-bond donors (Lipinski definition) is 0.